The van der Waals surface area contributed by atoms with Gasteiger partial charge in [0.2, 0.25) is 10.0 Å². The Morgan fingerprint density at radius 3 is 2.09 bits per heavy atom. The van der Waals surface area contributed by atoms with Gasteiger partial charge in [0, 0.05) is 17.8 Å². The van der Waals surface area contributed by atoms with Gasteiger partial charge in [0.1, 0.15) is 17.3 Å². The van der Waals surface area contributed by atoms with Crippen LogP contribution in [0.2, 0.25) is 0 Å². The van der Waals surface area contributed by atoms with Crippen molar-refractivity contribution in [2.24, 2.45) is 0 Å². The number of hydrogen-bond donors (Lipinski definition) is 1. The molecular weight excluding hydrogens is 478 g/mol. The summed E-state index contributed by atoms with van der Waals surface area (Å²) >= 11 is 0. The van der Waals surface area contributed by atoms with Crippen molar-refractivity contribution in [3.63, 3.8) is 0 Å². The quantitative estimate of drug-likeness (QED) is 0.341. The van der Waals surface area contributed by atoms with E-state index in [2.05, 4.69) is 4.98 Å². The van der Waals surface area contributed by atoms with Crippen LogP contribution >= 0.6 is 0 Å². The lowest BCUT2D eigenvalue weighted by Gasteiger charge is -2.28. The number of esters is 1. The van der Waals surface area contributed by atoms with E-state index >= 15 is 0 Å². The summed E-state index contributed by atoms with van der Waals surface area (Å²) in [5.41, 5.74) is 1.49. The third-order valence-electron chi connectivity index (χ3n) is 5.65. The second kappa shape index (κ2) is 10.5. The number of benzene rings is 2. The molecule has 0 aliphatic rings. The summed E-state index contributed by atoms with van der Waals surface area (Å²) in [4.78, 5) is 28.5. The van der Waals surface area contributed by atoms with E-state index in [4.69, 9.17) is 4.74 Å². The van der Waals surface area contributed by atoms with Crippen molar-refractivity contribution in [2.75, 3.05) is 6.61 Å². The van der Waals surface area contributed by atoms with E-state index in [1.54, 1.807) is 20.8 Å². The van der Waals surface area contributed by atoms with Crippen LogP contribution in [-0.2, 0) is 21.3 Å². The number of nitrogens with one attached hydrogen (secondary N) is 1. The first kappa shape index (κ1) is 26.2. The molecule has 0 fully saturated rings. The zero-order valence-electron chi connectivity index (χ0n) is 19.8. The zero-order valence-corrected chi connectivity index (χ0v) is 20.6. The first-order valence-corrected chi connectivity index (χ1v) is 12.3. The molecule has 0 aliphatic carbocycles. The highest BCUT2D eigenvalue weighted by molar-refractivity contribution is 7.89. The third kappa shape index (κ3) is 5.49. The maximum atomic E-state index is 13.6. The van der Waals surface area contributed by atoms with Gasteiger partial charge in [-0.05, 0) is 75.2 Å². The lowest BCUT2D eigenvalue weighted by molar-refractivity contribution is 0.0519. The van der Waals surface area contributed by atoms with Gasteiger partial charge in [-0.1, -0.05) is 12.1 Å². The maximum Gasteiger partial charge on any atom is 0.355 e. The molecule has 3 aromatic rings. The summed E-state index contributed by atoms with van der Waals surface area (Å²) in [6.07, 6.45) is 0. The van der Waals surface area contributed by atoms with E-state index in [-0.39, 0.29) is 29.3 Å². The van der Waals surface area contributed by atoms with E-state index in [9.17, 15) is 26.8 Å². The highest BCUT2D eigenvalue weighted by atomic mass is 32.2. The average molecular weight is 505 g/mol. The Labute approximate surface area is 202 Å². The summed E-state index contributed by atoms with van der Waals surface area (Å²) in [5, 5.41) is 0. The van der Waals surface area contributed by atoms with Crippen molar-refractivity contribution in [1.82, 2.24) is 9.29 Å². The maximum absolute atomic E-state index is 13.6. The lowest BCUT2D eigenvalue weighted by atomic mass is 10.0. The van der Waals surface area contributed by atoms with Crippen LogP contribution in [0.1, 0.15) is 51.5 Å². The minimum Gasteiger partial charge on any atom is -0.461 e. The van der Waals surface area contributed by atoms with E-state index < -0.39 is 39.5 Å². The van der Waals surface area contributed by atoms with Crippen molar-refractivity contribution in [3.05, 3.63) is 88.2 Å². The van der Waals surface area contributed by atoms with Crippen LogP contribution in [-0.4, -0.2) is 42.1 Å². The van der Waals surface area contributed by atoms with Crippen LogP contribution in [0.3, 0.4) is 0 Å². The van der Waals surface area contributed by atoms with Gasteiger partial charge in [-0.3, -0.25) is 4.79 Å². The van der Waals surface area contributed by atoms with Crippen LogP contribution in [0.15, 0.2) is 53.4 Å². The van der Waals surface area contributed by atoms with E-state index in [0.717, 1.165) is 28.6 Å². The van der Waals surface area contributed by atoms with Crippen molar-refractivity contribution < 1.29 is 31.5 Å². The molecule has 35 heavy (non-hydrogen) atoms. The van der Waals surface area contributed by atoms with Gasteiger partial charge in [-0.25, -0.2) is 22.0 Å². The molecule has 1 atom stereocenters. The summed E-state index contributed by atoms with van der Waals surface area (Å²) in [6, 6.07) is 8.28. The number of ether oxygens (including phenoxy) is 1. The number of Topliss-reactive ketones (excluding diaryl/α,β-unsaturated/α-hetero) is 1. The highest BCUT2D eigenvalue weighted by Gasteiger charge is 2.36. The molecule has 10 heteroatoms. The van der Waals surface area contributed by atoms with Gasteiger partial charge in [0.05, 0.1) is 17.5 Å². The fourth-order valence-corrected chi connectivity index (χ4v) is 5.39. The van der Waals surface area contributed by atoms with E-state index in [1.807, 2.05) is 0 Å². The molecule has 7 nitrogen and oxygen atoms in total. The van der Waals surface area contributed by atoms with Crippen LogP contribution < -0.4 is 0 Å². The topological polar surface area (TPSA) is 96.5 Å². The van der Waals surface area contributed by atoms with Crippen molar-refractivity contribution in [3.8, 4) is 0 Å². The number of carbonyl (C=O) groups excluding carboxylic acids is 2. The summed E-state index contributed by atoms with van der Waals surface area (Å²) < 4.78 is 60.0. The fraction of sp³-hybridized carbons (Fsp3) is 0.280. The van der Waals surface area contributed by atoms with E-state index in [1.165, 1.54) is 31.2 Å². The zero-order chi connectivity index (χ0) is 25.9. The number of sulfonamides is 1. The predicted molar refractivity (Wildman–Crippen MR) is 126 cm³/mol. The second-order valence-electron chi connectivity index (χ2n) is 8.02. The summed E-state index contributed by atoms with van der Waals surface area (Å²) in [5.74, 6) is -2.26. The molecule has 0 aliphatic heterocycles. The largest absolute Gasteiger partial charge is 0.461 e. The van der Waals surface area contributed by atoms with Crippen molar-refractivity contribution >= 4 is 21.8 Å². The molecule has 0 saturated carbocycles. The lowest BCUT2D eigenvalue weighted by Crippen LogP contribution is -2.43. The number of nitrogens with zero attached hydrogens (tertiary/aromatic N) is 1. The van der Waals surface area contributed by atoms with Gasteiger partial charge >= 0.3 is 5.97 Å². The number of aromatic nitrogens is 1. The monoisotopic (exact) mass is 504 g/mol. The number of ketones is 1. The molecule has 0 radical (unpaired) electrons. The fourth-order valence-electron chi connectivity index (χ4n) is 3.81. The second-order valence-corrected chi connectivity index (χ2v) is 9.91. The normalized spacial score (nSPS) is 12.5. The Bertz CT molecular complexity index is 1330. The van der Waals surface area contributed by atoms with Crippen LogP contribution in [0.4, 0.5) is 8.78 Å². The number of H-pyrrole nitrogens is 1. The third-order valence-corrected chi connectivity index (χ3v) is 7.58. The van der Waals surface area contributed by atoms with Crippen molar-refractivity contribution in [1.29, 1.82) is 0 Å². The van der Waals surface area contributed by atoms with Gasteiger partial charge in [0.15, 0.2) is 5.78 Å². The minimum absolute atomic E-state index is 0.117. The molecule has 3 rings (SSSR count). The van der Waals surface area contributed by atoms with Crippen LogP contribution in [0, 0.1) is 25.5 Å². The Morgan fingerprint density at radius 2 is 1.54 bits per heavy atom. The number of hydrogen-bond acceptors (Lipinski definition) is 5. The SMILES string of the molecule is CCOC(=O)c1[nH]c(C)c(C(=O)C(C)N(Cc2ccc(F)cc2)S(=O)(=O)c2ccc(F)cc2)c1C. The number of rotatable bonds is 9. The van der Waals surface area contributed by atoms with Crippen molar-refractivity contribution in [2.45, 2.75) is 45.2 Å². The van der Waals surface area contributed by atoms with Crippen LogP contribution in [0.25, 0.3) is 0 Å². The van der Waals surface area contributed by atoms with Gasteiger partial charge in [-0.15, -0.1) is 0 Å². The molecule has 1 aromatic heterocycles. The first-order chi connectivity index (χ1) is 16.5. The Hall–Kier alpha value is -3.37. The number of carbonyl (C=O) groups is 2. The first-order valence-electron chi connectivity index (χ1n) is 10.9. The smallest absolute Gasteiger partial charge is 0.355 e. The number of halogens is 2. The average Bonchev–Trinajstić information content (AvgIpc) is 3.12. The van der Waals surface area contributed by atoms with Crippen LogP contribution in [0.5, 0.6) is 0 Å². The molecule has 2 aromatic carbocycles. The molecule has 0 spiro atoms. The van der Waals surface area contributed by atoms with Gasteiger partial charge < -0.3 is 9.72 Å². The Morgan fingerprint density at radius 1 is 1.00 bits per heavy atom. The molecule has 186 valence electrons. The van der Waals surface area contributed by atoms with E-state index in [0.29, 0.717) is 16.8 Å². The molecule has 1 unspecified atom stereocenters. The summed E-state index contributed by atoms with van der Waals surface area (Å²) in [7, 11) is -4.27. The molecule has 0 saturated heterocycles. The molecule has 0 amide bonds. The summed E-state index contributed by atoms with van der Waals surface area (Å²) in [6.45, 7) is 6.19. The number of aryl methyl sites for hydroxylation is 1. The standard InChI is InChI=1S/C25H26F2N2O5S/c1-5-34-25(31)23-15(2)22(16(3)28-23)24(30)17(4)29(14-18-6-8-19(26)9-7-18)35(32,33)21-12-10-20(27)11-13-21/h6-13,17,28H,5,14H2,1-4H3. The predicted octanol–water partition coefficient (Wildman–Crippen LogP) is 4.55. The van der Waals surface area contributed by atoms with Gasteiger partial charge in [-0.2, -0.15) is 4.31 Å². The highest BCUT2D eigenvalue weighted by Crippen LogP contribution is 2.27. The molecular formula is C25H26F2N2O5S. The number of aromatic amines is 1. The molecule has 1 heterocycles. The Kier molecular flexibility index (Phi) is 7.86. The minimum atomic E-state index is -4.27. The molecule has 0 bridgehead atoms. The Balaban J connectivity index is 2.06. The van der Waals surface area contributed by atoms with Gasteiger partial charge in [0.25, 0.3) is 0 Å². The molecule has 1 N–H and O–H groups in total.